The molecule has 0 heterocycles. The second kappa shape index (κ2) is 6.20. The Morgan fingerprint density at radius 1 is 1.60 bits per heavy atom. The molecule has 0 aliphatic heterocycles. The molecule has 54 valence electrons. The fourth-order valence-corrected chi connectivity index (χ4v) is 0.563. The van der Waals surface area contributed by atoms with E-state index < -0.39 is 0 Å². The summed E-state index contributed by atoms with van der Waals surface area (Å²) in [4.78, 5) is 0. The van der Waals surface area contributed by atoms with Crippen LogP contribution in [0, 0.1) is 24.2 Å². The van der Waals surface area contributed by atoms with E-state index in [1.165, 1.54) is 0 Å². The average Bonchev–Trinajstić information content (AvgIpc) is 1.89. The molecule has 0 rings (SSSR count). The molecule has 1 heteroatoms. The van der Waals surface area contributed by atoms with Crippen molar-refractivity contribution < 1.29 is 0 Å². The summed E-state index contributed by atoms with van der Waals surface area (Å²) in [6, 6.07) is 0.380. The quantitative estimate of drug-likeness (QED) is 0.569. The fourth-order valence-electron chi connectivity index (χ4n) is 0.563. The van der Waals surface area contributed by atoms with E-state index in [0.29, 0.717) is 6.04 Å². The van der Waals surface area contributed by atoms with Crippen LogP contribution in [-0.4, -0.2) is 12.6 Å². The smallest absolute Gasteiger partial charge is 0.0578 e. The molecule has 1 atom stereocenters. The number of hydrogen-bond acceptors (Lipinski definition) is 1. The third-order valence-corrected chi connectivity index (χ3v) is 1.14. The molecular formula is C9H13N. The predicted molar refractivity (Wildman–Crippen MR) is 44.4 cm³/mol. The zero-order valence-corrected chi connectivity index (χ0v) is 6.57. The summed E-state index contributed by atoms with van der Waals surface area (Å²) >= 11 is 0. The van der Waals surface area contributed by atoms with Crippen molar-refractivity contribution in [3.05, 3.63) is 0 Å². The second-order valence-corrected chi connectivity index (χ2v) is 2.12. The number of nitrogens with one attached hydrogen (secondary N) is 1. The first-order chi connectivity index (χ1) is 4.81. The Morgan fingerprint density at radius 3 is 2.80 bits per heavy atom. The Kier molecular flexibility index (Phi) is 5.63. The zero-order chi connectivity index (χ0) is 7.82. The minimum atomic E-state index is 0.380. The van der Waals surface area contributed by atoms with Gasteiger partial charge in [-0.25, -0.2) is 0 Å². The molecule has 0 aromatic heterocycles. The first kappa shape index (κ1) is 9.08. The Balaban J connectivity index is 3.29. The first-order valence-electron chi connectivity index (χ1n) is 3.37. The zero-order valence-electron chi connectivity index (χ0n) is 6.57. The molecule has 0 amide bonds. The summed E-state index contributed by atoms with van der Waals surface area (Å²) in [6.45, 7) is 4.62. The van der Waals surface area contributed by atoms with Gasteiger partial charge in [-0.1, -0.05) is 5.92 Å². The molecule has 1 nitrogen and oxygen atoms in total. The third-order valence-electron chi connectivity index (χ3n) is 1.14. The van der Waals surface area contributed by atoms with Gasteiger partial charge in [0.2, 0.25) is 0 Å². The SMILES string of the molecule is C#CCC(C)NCC#CC. The first-order valence-corrected chi connectivity index (χ1v) is 3.37. The van der Waals surface area contributed by atoms with Gasteiger partial charge in [0.15, 0.2) is 0 Å². The standard InChI is InChI=1S/C9H13N/c1-4-6-8-10-9(3)7-5-2/h2,9-10H,7-8H2,1,3H3. The van der Waals surface area contributed by atoms with Crippen LogP contribution in [0.15, 0.2) is 0 Å². The van der Waals surface area contributed by atoms with Crippen molar-refractivity contribution in [2.45, 2.75) is 26.3 Å². The molecule has 0 aromatic carbocycles. The van der Waals surface area contributed by atoms with E-state index >= 15 is 0 Å². The summed E-state index contributed by atoms with van der Waals surface area (Å²) in [5.41, 5.74) is 0. The molecule has 0 bridgehead atoms. The molecule has 10 heavy (non-hydrogen) atoms. The highest BCUT2D eigenvalue weighted by molar-refractivity contribution is 4.98. The van der Waals surface area contributed by atoms with E-state index in [4.69, 9.17) is 6.42 Å². The van der Waals surface area contributed by atoms with E-state index in [0.717, 1.165) is 13.0 Å². The van der Waals surface area contributed by atoms with Crippen LogP contribution in [0.1, 0.15) is 20.3 Å². The van der Waals surface area contributed by atoms with Gasteiger partial charge in [0.1, 0.15) is 0 Å². The minimum Gasteiger partial charge on any atom is -0.303 e. The summed E-state index contributed by atoms with van der Waals surface area (Å²) in [5.74, 6) is 8.29. The molecule has 1 unspecified atom stereocenters. The van der Waals surface area contributed by atoms with Crippen LogP contribution in [0.4, 0.5) is 0 Å². The van der Waals surface area contributed by atoms with Crippen LogP contribution < -0.4 is 5.32 Å². The molecule has 0 aliphatic rings. The maximum Gasteiger partial charge on any atom is 0.0578 e. The Hall–Kier alpha value is -0.920. The highest BCUT2D eigenvalue weighted by Gasteiger charge is 1.93. The van der Waals surface area contributed by atoms with Gasteiger partial charge in [-0.15, -0.1) is 18.3 Å². The van der Waals surface area contributed by atoms with Crippen molar-refractivity contribution in [2.75, 3.05) is 6.54 Å². The van der Waals surface area contributed by atoms with E-state index in [1.54, 1.807) is 0 Å². The number of terminal acetylenes is 1. The van der Waals surface area contributed by atoms with Crippen LogP contribution >= 0.6 is 0 Å². The van der Waals surface area contributed by atoms with E-state index in [9.17, 15) is 0 Å². The minimum absolute atomic E-state index is 0.380. The van der Waals surface area contributed by atoms with Crippen molar-refractivity contribution in [3.63, 3.8) is 0 Å². The monoisotopic (exact) mass is 135 g/mol. The van der Waals surface area contributed by atoms with Crippen molar-refractivity contribution in [2.24, 2.45) is 0 Å². The van der Waals surface area contributed by atoms with Gasteiger partial charge in [-0.05, 0) is 13.8 Å². The van der Waals surface area contributed by atoms with E-state index in [2.05, 4.69) is 30.0 Å². The van der Waals surface area contributed by atoms with Gasteiger partial charge in [-0.2, -0.15) is 0 Å². The van der Waals surface area contributed by atoms with Crippen LogP contribution in [-0.2, 0) is 0 Å². The molecular weight excluding hydrogens is 122 g/mol. The maximum absolute atomic E-state index is 5.11. The van der Waals surface area contributed by atoms with Gasteiger partial charge >= 0.3 is 0 Å². The van der Waals surface area contributed by atoms with Crippen molar-refractivity contribution >= 4 is 0 Å². The summed E-state index contributed by atoms with van der Waals surface area (Å²) in [6.07, 6.45) is 5.88. The highest BCUT2D eigenvalue weighted by atomic mass is 14.9. The number of rotatable bonds is 3. The summed E-state index contributed by atoms with van der Waals surface area (Å²) in [5, 5.41) is 3.17. The second-order valence-electron chi connectivity index (χ2n) is 2.12. The fraction of sp³-hybridized carbons (Fsp3) is 0.556. The largest absolute Gasteiger partial charge is 0.303 e. The van der Waals surface area contributed by atoms with Crippen molar-refractivity contribution in [1.82, 2.24) is 5.32 Å². The van der Waals surface area contributed by atoms with Crippen molar-refractivity contribution in [3.8, 4) is 24.2 Å². The van der Waals surface area contributed by atoms with Gasteiger partial charge in [-0.3, -0.25) is 0 Å². The van der Waals surface area contributed by atoms with Crippen LogP contribution in [0.3, 0.4) is 0 Å². The molecule has 0 aromatic rings. The predicted octanol–water partition coefficient (Wildman–Crippen LogP) is 1.01. The lowest BCUT2D eigenvalue weighted by Crippen LogP contribution is -2.25. The molecule has 0 saturated heterocycles. The van der Waals surface area contributed by atoms with Gasteiger partial charge in [0.05, 0.1) is 6.54 Å². The Bertz CT molecular complexity index is 165. The summed E-state index contributed by atoms with van der Waals surface area (Å²) in [7, 11) is 0. The normalized spacial score (nSPS) is 10.9. The molecule has 0 saturated carbocycles. The topological polar surface area (TPSA) is 12.0 Å². The van der Waals surface area contributed by atoms with E-state index in [1.807, 2.05) is 6.92 Å². The lowest BCUT2D eigenvalue weighted by molar-refractivity contribution is 0.602. The lowest BCUT2D eigenvalue weighted by atomic mass is 10.2. The number of hydrogen-bond donors (Lipinski definition) is 1. The third kappa shape index (κ3) is 5.22. The van der Waals surface area contributed by atoms with Crippen LogP contribution in [0.25, 0.3) is 0 Å². The molecule has 0 fully saturated rings. The van der Waals surface area contributed by atoms with Crippen LogP contribution in [0.2, 0.25) is 0 Å². The van der Waals surface area contributed by atoms with Gasteiger partial charge < -0.3 is 5.32 Å². The van der Waals surface area contributed by atoms with Crippen molar-refractivity contribution in [1.29, 1.82) is 0 Å². The summed E-state index contributed by atoms with van der Waals surface area (Å²) < 4.78 is 0. The maximum atomic E-state index is 5.11. The average molecular weight is 135 g/mol. The molecule has 0 radical (unpaired) electrons. The Morgan fingerprint density at radius 2 is 2.30 bits per heavy atom. The molecule has 0 spiro atoms. The van der Waals surface area contributed by atoms with E-state index in [-0.39, 0.29) is 0 Å². The molecule has 1 N–H and O–H groups in total. The van der Waals surface area contributed by atoms with Crippen LogP contribution in [0.5, 0.6) is 0 Å². The molecule has 0 aliphatic carbocycles. The Labute approximate surface area is 63.2 Å². The van der Waals surface area contributed by atoms with Gasteiger partial charge in [0.25, 0.3) is 0 Å². The lowest BCUT2D eigenvalue weighted by Gasteiger charge is -2.05. The highest BCUT2D eigenvalue weighted by Crippen LogP contribution is 1.85. The van der Waals surface area contributed by atoms with Gasteiger partial charge in [0, 0.05) is 12.5 Å².